The molecule has 2 heterocycles. The maximum absolute atomic E-state index is 13.1. The van der Waals surface area contributed by atoms with Crippen LogP contribution in [0.4, 0.5) is 0 Å². The number of hydrogen-bond donors (Lipinski definition) is 0. The van der Waals surface area contributed by atoms with Gasteiger partial charge in [0, 0.05) is 50.0 Å². The number of aryl methyl sites for hydroxylation is 1. The number of aromatic nitrogens is 2. The van der Waals surface area contributed by atoms with E-state index in [-0.39, 0.29) is 5.91 Å². The molecule has 0 spiro atoms. The van der Waals surface area contributed by atoms with Crippen LogP contribution in [0.15, 0.2) is 25.3 Å². The summed E-state index contributed by atoms with van der Waals surface area (Å²) in [5.74, 6) is 0.0522. The normalized spacial score (nSPS) is 20.1. The number of nitrogens with zero attached hydrogens (tertiary/aromatic N) is 4. The van der Waals surface area contributed by atoms with Crippen molar-refractivity contribution in [2.24, 2.45) is 0 Å². The zero-order chi connectivity index (χ0) is 18.5. The Bertz CT molecular complexity index is 651. The first-order chi connectivity index (χ1) is 12.7. The number of fused-ring (bicyclic) bond motifs is 1. The first-order valence-electron chi connectivity index (χ1n) is 9.61. The Morgan fingerprint density at radius 2 is 2.00 bits per heavy atom. The number of morpholine rings is 1. The van der Waals surface area contributed by atoms with E-state index in [1.165, 1.54) is 5.69 Å². The molecular formula is C20H30N4O2. The number of rotatable bonds is 7. The first kappa shape index (κ1) is 18.9. The van der Waals surface area contributed by atoms with E-state index < -0.39 is 0 Å². The average Bonchev–Trinajstić information content (AvgIpc) is 3.06. The van der Waals surface area contributed by atoms with Crippen LogP contribution in [0.25, 0.3) is 0 Å². The highest BCUT2D eigenvalue weighted by Crippen LogP contribution is 2.28. The van der Waals surface area contributed by atoms with E-state index >= 15 is 0 Å². The second-order valence-corrected chi connectivity index (χ2v) is 6.92. The smallest absolute Gasteiger partial charge is 0.274 e. The fourth-order valence-corrected chi connectivity index (χ4v) is 4.03. The Kier molecular flexibility index (Phi) is 6.27. The largest absolute Gasteiger partial charge is 0.378 e. The van der Waals surface area contributed by atoms with Crippen molar-refractivity contribution in [1.82, 2.24) is 19.6 Å². The maximum Gasteiger partial charge on any atom is 0.274 e. The molecule has 142 valence electrons. The predicted octanol–water partition coefficient (Wildman–Crippen LogP) is 1.91. The van der Waals surface area contributed by atoms with Crippen LogP contribution in [0.1, 0.15) is 35.1 Å². The zero-order valence-electron chi connectivity index (χ0n) is 15.8. The van der Waals surface area contributed by atoms with Gasteiger partial charge in [-0.3, -0.25) is 14.4 Å². The van der Waals surface area contributed by atoms with Crippen LogP contribution in [-0.2, 0) is 24.1 Å². The fourth-order valence-electron chi connectivity index (χ4n) is 4.03. The molecule has 6 heteroatoms. The minimum atomic E-state index is 0.0522. The average molecular weight is 358 g/mol. The second kappa shape index (κ2) is 8.64. The molecule has 1 aromatic heterocycles. The Morgan fingerprint density at radius 1 is 1.31 bits per heavy atom. The SMILES string of the molecule is C=CCN(CC=C)C1CCc2c(c(C(=O)N3CCOCC3)nn2CC)C1. The minimum absolute atomic E-state index is 0.0522. The Balaban J connectivity index is 1.87. The Labute approximate surface area is 156 Å². The van der Waals surface area contributed by atoms with Crippen molar-refractivity contribution >= 4 is 5.91 Å². The van der Waals surface area contributed by atoms with E-state index in [4.69, 9.17) is 9.84 Å². The van der Waals surface area contributed by atoms with Crippen LogP contribution in [0.3, 0.4) is 0 Å². The highest BCUT2D eigenvalue weighted by Gasteiger charge is 2.32. The summed E-state index contributed by atoms with van der Waals surface area (Å²) in [4.78, 5) is 17.3. The standard InChI is InChI=1S/C20H30N4O2/c1-4-9-22(10-5-2)16-7-8-18-17(15-16)19(21-24(18)6-3)20(25)23-11-13-26-14-12-23/h4-5,16H,1-2,6-15H2,3H3. The first-order valence-corrected chi connectivity index (χ1v) is 9.61. The molecule has 0 aromatic carbocycles. The van der Waals surface area contributed by atoms with Gasteiger partial charge < -0.3 is 9.64 Å². The van der Waals surface area contributed by atoms with Crippen molar-refractivity contribution < 1.29 is 9.53 Å². The highest BCUT2D eigenvalue weighted by atomic mass is 16.5. The third-order valence-corrected chi connectivity index (χ3v) is 5.36. The van der Waals surface area contributed by atoms with Crippen LogP contribution < -0.4 is 0 Å². The number of carbonyl (C=O) groups excluding carboxylic acids is 1. The lowest BCUT2D eigenvalue weighted by Crippen LogP contribution is -2.42. The van der Waals surface area contributed by atoms with Crippen molar-refractivity contribution in [3.8, 4) is 0 Å². The number of carbonyl (C=O) groups is 1. The summed E-state index contributed by atoms with van der Waals surface area (Å²) in [7, 11) is 0. The van der Waals surface area contributed by atoms with E-state index in [1.807, 2.05) is 21.7 Å². The molecule has 1 aromatic rings. The van der Waals surface area contributed by atoms with E-state index in [0.717, 1.165) is 44.5 Å². The number of ether oxygens (including phenoxy) is 1. The van der Waals surface area contributed by atoms with E-state index in [0.29, 0.717) is 38.0 Å². The van der Waals surface area contributed by atoms with E-state index in [1.54, 1.807) is 0 Å². The van der Waals surface area contributed by atoms with Gasteiger partial charge in [-0.15, -0.1) is 13.2 Å². The van der Waals surface area contributed by atoms with Crippen molar-refractivity contribution in [2.45, 2.75) is 38.8 Å². The molecule has 1 unspecified atom stereocenters. The van der Waals surface area contributed by atoms with Gasteiger partial charge in [0.15, 0.2) is 5.69 Å². The van der Waals surface area contributed by atoms with Gasteiger partial charge in [-0.1, -0.05) is 12.2 Å². The Morgan fingerprint density at radius 3 is 2.62 bits per heavy atom. The molecule has 1 fully saturated rings. The van der Waals surface area contributed by atoms with Gasteiger partial charge in [0.1, 0.15) is 0 Å². The molecule has 1 saturated heterocycles. The third kappa shape index (κ3) is 3.76. The summed E-state index contributed by atoms with van der Waals surface area (Å²) in [5.41, 5.74) is 3.01. The lowest BCUT2D eigenvalue weighted by Gasteiger charge is -2.33. The Hall–Kier alpha value is -1.92. The molecule has 0 bridgehead atoms. The summed E-state index contributed by atoms with van der Waals surface area (Å²) in [6.07, 6.45) is 6.78. The summed E-state index contributed by atoms with van der Waals surface area (Å²) >= 11 is 0. The zero-order valence-corrected chi connectivity index (χ0v) is 15.8. The predicted molar refractivity (Wildman–Crippen MR) is 102 cm³/mol. The lowest BCUT2D eigenvalue weighted by molar-refractivity contribution is 0.0297. The quantitative estimate of drug-likeness (QED) is 0.699. The molecule has 2 aliphatic rings. The lowest BCUT2D eigenvalue weighted by atomic mass is 9.90. The maximum atomic E-state index is 13.1. The fraction of sp³-hybridized carbons (Fsp3) is 0.600. The summed E-state index contributed by atoms with van der Waals surface area (Å²) in [5, 5.41) is 4.70. The molecule has 1 atom stereocenters. The van der Waals surface area contributed by atoms with Crippen molar-refractivity contribution in [1.29, 1.82) is 0 Å². The van der Waals surface area contributed by atoms with Crippen LogP contribution in [0.5, 0.6) is 0 Å². The van der Waals surface area contributed by atoms with Crippen molar-refractivity contribution in [3.05, 3.63) is 42.3 Å². The van der Waals surface area contributed by atoms with Crippen molar-refractivity contribution in [2.75, 3.05) is 39.4 Å². The molecule has 3 rings (SSSR count). The van der Waals surface area contributed by atoms with Gasteiger partial charge in [-0.2, -0.15) is 5.10 Å². The van der Waals surface area contributed by atoms with Gasteiger partial charge in [-0.05, 0) is 26.2 Å². The molecule has 6 nitrogen and oxygen atoms in total. The third-order valence-electron chi connectivity index (χ3n) is 5.36. The minimum Gasteiger partial charge on any atom is -0.378 e. The van der Waals surface area contributed by atoms with E-state index in [2.05, 4.69) is 25.0 Å². The monoisotopic (exact) mass is 358 g/mol. The van der Waals surface area contributed by atoms with Gasteiger partial charge in [0.2, 0.25) is 0 Å². The van der Waals surface area contributed by atoms with Crippen molar-refractivity contribution in [3.63, 3.8) is 0 Å². The van der Waals surface area contributed by atoms with Gasteiger partial charge in [0.05, 0.1) is 13.2 Å². The molecule has 0 saturated carbocycles. The summed E-state index contributed by atoms with van der Waals surface area (Å²) in [6, 6.07) is 0.393. The molecule has 1 amide bonds. The van der Waals surface area contributed by atoms with E-state index in [9.17, 15) is 4.79 Å². The van der Waals surface area contributed by atoms with Crippen LogP contribution in [0.2, 0.25) is 0 Å². The summed E-state index contributed by atoms with van der Waals surface area (Å²) < 4.78 is 7.40. The van der Waals surface area contributed by atoms with Gasteiger partial charge in [0.25, 0.3) is 5.91 Å². The molecule has 26 heavy (non-hydrogen) atoms. The second-order valence-electron chi connectivity index (χ2n) is 6.92. The topological polar surface area (TPSA) is 50.6 Å². The van der Waals surface area contributed by atoms with Gasteiger partial charge >= 0.3 is 0 Å². The van der Waals surface area contributed by atoms with Crippen LogP contribution in [-0.4, -0.2) is 70.9 Å². The molecule has 1 aliphatic carbocycles. The number of hydrogen-bond acceptors (Lipinski definition) is 4. The number of amides is 1. The highest BCUT2D eigenvalue weighted by molar-refractivity contribution is 5.94. The molecular weight excluding hydrogens is 328 g/mol. The summed E-state index contributed by atoms with van der Waals surface area (Å²) in [6.45, 7) is 14.8. The molecule has 0 N–H and O–H groups in total. The van der Waals surface area contributed by atoms with Crippen LogP contribution in [0, 0.1) is 0 Å². The van der Waals surface area contributed by atoms with Gasteiger partial charge in [-0.25, -0.2) is 0 Å². The molecule has 0 radical (unpaired) electrons. The molecule has 1 aliphatic heterocycles. The van der Waals surface area contributed by atoms with Crippen LogP contribution >= 0.6 is 0 Å².